The van der Waals surface area contributed by atoms with Gasteiger partial charge in [-0.2, -0.15) is 0 Å². The zero-order chi connectivity index (χ0) is 15.0. The zero-order valence-corrected chi connectivity index (χ0v) is 12.9. The van der Waals surface area contributed by atoms with E-state index in [1.54, 1.807) is 18.3 Å². The number of halogens is 2. The number of hydrogen-bond acceptors (Lipinski definition) is 5. The van der Waals surface area contributed by atoms with Crippen LogP contribution < -0.4 is 5.32 Å². The molecular formula is C13H10ClFN2O2S2. The number of aliphatic carboxylic acids is 1. The van der Waals surface area contributed by atoms with Crippen LogP contribution in [0.2, 0.25) is 5.02 Å². The van der Waals surface area contributed by atoms with Crippen molar-refractivity contribution < 1.29 is 14.3 Å². The molecular weight excluding hydrogens is 335 g/mol. The Morgan fingerprint density at radius 1 is 1.52 bits per heavy atom. The summed E-state index contributed by atoms with van der Waals surface area (Å²) in [5.74, 6) is -0.790. The van der Waals surface area contributed by atoms with E-state index in [0.29, 0.717) is 21.2 Å². The van der Waals surface area contributed by atoms with Gasteiger partial charge >= 0.3 is 5.97 Å². The van der Waals surface area contributed by atoms with Crippen LogP contribution in [0, 0.1) is 5.82 Å². The third-order valence-electron chi connectivity index (χ3n) is 3.04. The molecule has 1 aromatic heterocycles. The summed E-state index contributed by atoms with van der Waals surface area (Å²) in [6.07, 6.45) is 1.57. The van der Waals surface area contributed by atoms with Crippen LogP contribution in [0.15, 0.2) is 24.4 Å². The summed E-state index contributed by atoms with van der Waals surface area (Å²) in [5.41, 5.74) is 0.334. The van der Waals surface area contributed by atoms with Crippen molar-refractivity contribution in [3.05, 3.63) is 40.2 Å². The number of carbonyl (C=O) groups is 1. The Balaban J connectivity index is 1.86. The minimum Gasteiger partial charge on any atom is -0.480 e. The van der Waals surface area contributed by atoms with Crippen LogP contribution in [0.3, 0.4) is 0 Å². The lowest BCUT2D eigenvalue weighted by molar-refractivity contribution is -0.138. The Morgan fingerprint density at radius 2 is 2.33 bits per heavy atom. The molecule has 0 saturated carbocycles. The van der Waals surface area contributed by atoms with Gasteiger partial charge in [0.15, 0.2) is 0 Å². The maximum atomic E-state index is 13.9. The fourth-order valence-electron chi connectivity index (χ4n) is 2.01. The Labute approximate surface area is 133 Å². The molecule has 8 heteroatoms. The van der Waals surface area contributed by atoms with Crippen LogP contribution in [0.1, 0.15) is 10.4 Å². The van der Waals surface area contributed by atoms with Crippen molar-refractivity contribution in [3.63, 3.8) is 0 Å². The molecule has 1 fully saturated rings. The average Bonchev–Trinajstić information content (AvgIpc) is 3.07. The lowest BCUT2D eigenvalue weighted by Crippen LogP contribution is -2.33. The van der Waals surface area contributed by atoms with Crippen LogP contribution in [0.5, 0.6) is 0 Å². The molecule has 2 heterocycles. The predicted octanol–water partition coefficient (Wildman–Crippen LogP) is 3.39. The maximum absolute atomic E-state index is 13.9. The first-order chi connectivity index (χ1) is 10.1. The second-order valence-electron chi connectivity index (χ2n) is 4.43. The standard InChI is InChI=1S/C13H10ClFN2O2S2/c14-6-2-1-3-7(15)10(6)9-4-16-11(21-9)12-17-8(5-20-12)13(18)19/h1-4,8,12,17H,5H2,(H,18,19). The predicted molar refractivity (Wildman–Crippen MR) is 82.3 cm³/mol. The van der Waals surface area contributed by atoms with E-state index in [2.05, 4.69) is 10.3 Å². The number of hydrogen-bond donors (Lipinski definition) is 2. The largest absolute Gasteiger partial charge is 0.480 e. The zero-order valence-electron chi connectivity index (χ0n) is 10.5. The van der Waals surface area contributed by atoms with Crippen molar-refractivity contribution in [2.45, 2.75) is 11.4 Å². The van der Waals surface area contributed by atoms with Crippen LogP contribution in [0.4, 0.5) is 4.39 Å². The molecule has 0 spiro atoms. The molecule has 1 aromatic carbocycles. The highest BCUT2D eigenvalue weighted by molar-refractivity contribution is 7.99. The molecule has 0 aliphatic carbocycles. The number of aromatic nitrogens is 1. The van der Waals surface area contributed by atoms with E-state index in [9.17, 15) is 9.18 Å². The molecule has 1 aliphatic rings. The van der Waals surface area contributed by atoms with Gasteiger partial charge in [-0.15, -0.1) is 23.1 Å². The first-order valence-corrected chi connectivity index (χ1v) is 8.31. The number of nitrogens with one attached hydrogen (secondary N) is 1. The summed E-state index contributed by atoms with van der Waals surface area (Å²) < 4.78 is 13.9. The van der Waals surface area contributed by atoms with Gasteiger partial charge < -0.3 is 5.11 Å². The molecule has 2 unspecified atom stereocenters. The molecule has 1 saturated heterocycles. The van der Waals surface area contributed by atoms with Crippen LogP contribution in [-0.4, -0.2) is 27.9 Å². The van der Waals surface area contributed by atoms with Gasteiger partial charge in [-0.1, -0.05) is 17.7 Å². The average molecular weight is 345 g/mol. The van der Waals surface area contributed by atoms with E-state index in [-0.39, 0.29) is 5.37 Å². The number of benzene rings is 1. The van der Waals surface area contributed by atoms with E-state index in [1.165, 1.54) is 29.2 Å². The normalized spacial score (nSPS) is 21.6. The molecule has 0 bridgehead atoms. The number of thioether (sulfide) groups is 1. The van der Waals surface area contributed by atoms with Gasteiger partial charge in [0.2, 0.25) is 0 Å². The summed E-state index contributed by atoms with van der Waals surface area (Å²) in [7, 11) is 0. The van der Waals surface area contributed by atoms with E-state index < -0.39 is 17.8 Å². The molecule has 3 rings (SSSR count). The summed E-state index contributed by atoms with van der Waals surface area (Å²) in [6, 6.07) is 3.95. The van der Waals surface area contributed by atoms with E-state index in [4.69, 9.17) is 16.7 Å². The van der Waals surface area contributed by atoms with Crippen molar-refractivity contribution in [2.75, 3.05) is 5.75 Å². The van der Waals surface area contributed by atoms with Gasteiger partial charge in [0, 0.05) is 17.5 Å². The van der Waals surface area contributed by atoms with Gasteiger partial charge in [-0.25, -0.2) is 9.37 Å². The summed E-state index contributed by atoms with van der Waals surface area (Å²) >= 11 is 8.83. The molecule has 2 N–H and O–H groups in total. The summed E-state index contributed by atoms with van der Waals surface area (Å²) in [5, 5.41) is 12.8. The van der Waals surface area contributed by atoms with E-state index >= 15 is 0 Å². The summed E-state index contributed by atoms with van der Waals surface area (Å²) in [4.78, 5) is 15.8. The maximum Gasteiger partial charge on any atom is 0.321 e. The monoisotopic (exact) mass is 344 g/mol. The lowest BCUT2D eigenvalue weighted by Gasteiger charge is -2.07. The van der Waals surface area contributed by atoms with E-state index in [0.717, 1.165) is 5.01 Å². The number of carboxylic acid groups (broad SMARTS) is 1. The highest BCUT2D eigenvalue weighted by atomic mass is 35.5. The van der Waals surface area contributed by atoms with Crippen LogP contribution >= 0.6 is 34.7 Å². The van der Waals surface area contributed by atoms with Crippen molar-refractivity contribution in [1.82, 2.24) is 10.3 Å². The quantitative estimate of drug-likeness (QED) is 0.893. The number of rotatable bonds is 3. The minimum absolute atomic E-state index is 0.185. The Bertz CT molecular complexity index is 674. The number of nitrogens with zero attached hydrogens (tertiary/aromatic N) is 1. The van der Waals surface area contributed by atoms with Crippen molar-refractivity contribution in [2.24, 2.45) is 0 Å². The molecule has 0 amide bonds. The Hall–Kier alpha value is -1.15. The number of carboxylic acids is 1. The second kappa shape index (κ2) is 5.92. The van der Waals surface area contributed by atoms with Gasteiger partial charge in [-0.3, -0.25) is 10.1 Å². The topological polar surface area (TPSA) is 62.2 Å². The fraction of sp³-hybridized carbons (Fsp3) is 0.231. The van der Waals surface area contributed by atoms with Crippen LogP contribution in [-0.2, 0) is 4.79 Å². The van der Waals surface area contributed by atoms with Gasteiger partial charge in [0.05, 0.1) is 9.90 Å². The van der Waals surface area contributed by atoms with Crippen LogP contribution in [0.25, 0.3) is 10.4 Å². The van der Waals surface area contributed by atoms with Gasteiger partial charge in [0.25, 0.3) is 0 Å². The number of thiazole rings is 1. The molecule has 21 heavy (non-hydrogen) atoms. The molecule has 2 aromatic rings. The Morgan fingerprint density at radius 3 is 3.00 bits per heavy atom. The molecule has 1 aliphatic heterocycles. The van der Waals surface area contributed by atoms with Crippen molar-refractivity contribution >= 4 is 40.7 Å². The molecule has 0 radical (unpaired) electrons. The molecule has 110 valence electrons. The van der Waals surface area contributed by atoms with E-state index in [1.807, 2.05) is 0 Å². The fourth-order valence-corrected chi connectivity index (χ4v) is 4.69. The third-order valence-corrected chi connectivity index (χ3v) is 5.80. The lowest BCUT2D eigenvalue weighted by atomic mass is 10.2. The molecule has 2 atom stereocenters. The highest BCUT2D eigenvalue weighted by Gasteiger charge is 2.32. The van der Waals surface area contributed by atoms with Crippen molar-refractivity contribution in [1.29, 1.82) is 0 Å². The van der Waals surface area contributed by atoms with Gasteiger partial charge in [0.1, 0.15) is 22.2 Å². The van der Waals surface area contributed by atoms with Gasteiger partial charge in [-0.05, 0) is 12.1 Å². The molecule has 4 nitrogen and oxygen atoms in total. The first-order valence-electron chi connectivity index (χ1n) is 6.07. The highest BCUT2D eigenvalue weighted by Crippen LogP contribution is 2.40. The minimum atomic E-state index is -0.876. The third kappa shape index (κ3) is 2.91. The smallest absolute Gasteiger partial charge is 0.321 e. The second-order valence-corrected chi connectivity index (χ2v) is 7.04. The SMILES string of the molecule is O=C(O)C1CSC(c2ncc(-c3c(F)cccc3Cl)s2)N1. The first kappa shape index (κ1) is 14.8. The van der Waals surface area contributed by atoms with Crippen molar-refractivity contribution in [3.8, 4) is 10.4 Å². The summed E-state index contributed by atoms with van der Waals surface area (Å²) in [6.45, 7) is 0. The Kier molecular flexibility index (Phi) is 4.17.